The molecule has 3 rings (SSSR count). The van der Waals surface area contributed by atoms with E-state index in [-0.39, 0.29) is 17.0 Å². The molecular weight excluding hydrogens is 453 g/mol. The number of amides is 1. The minimum atomic E-state index is -3.58. The first-order valence-corrected chi connectivity index (χ1v) is 11.2. The number of fused-ring (bicyclic) bond motifs is 1. The average molecular weight is 468 g/mol. The first-order valence-electron chi connectivity index (χ1n) is 8.18. The summed E-state index contributed by atoms with van der Waals surface area (Å²) >= 11 is 13.6. The molecule has 0 N–H and O–H groups in total. The van der Waals surface area contributed by atoms with E-state index in [1.165, 1.54) is 49.7 Å². The number of hydrogen-bond acceptors (Lipinski definition) is 4. The Balaban J connectivity index is 2.08. The van der Waals surface area contributed by atoms with E-state index in [2.05, 4.69) is 10.9 Å². The zero-order valence-corrected chi connectivity index (χ0v) is 18.5. The maximum absolute atomic E-state index is 12.7. The Hall–Kier alpha value is -2.15. The van der Waals surface area contributed by atoms with Gasteiger partial charge in [-0.25, -0.2) is 12.7 Å². The Morgan fingerprint density at radius 1 is 1.24 bits per heavy atom. The van der Waals surface area contributed by atoms with E-state index >= 15 is 0 Å². The third-order valence-corrected chi connectivity index (χ3v) is 7.38. The van der Waals surface area contributed by atoms with Crippen molar-refractivity contribution in [2.24, 2.45) is 4.99 Å². The molecule has 0 aliphatic rings. The second-order valence-corrected chi connectivity index (χ2v) is 10.1. The van der Waals surface area contributed by atoms with Crippen LogP contribution in [0.1, 0.15) is 10.4 Å². The fourth-order valence-corrected chi connectivity index (χ4v) is 5.30. The third-order valence-electron chi connectivity index (χ3n) is 4.02. The van der Waals surface area contributed by atoms with E-state index in [1.807, 2.05) is 0 Å². The Morgan fingerprint density at radius 2 is 1.90 bits per heavy atom. The van der Waals surface area contributed by atoms with Gasteiger partial charge in [0.1, 0.15) is 0 Å². The van der Waals surface area contributed by atoms with Gasteiger partial charge in [0.05, 0.1) is 26.7 Å². The number of carbonyl (C=O) groups is 1. The summed E-state index contributed by atoms with van der Waals surface area (Å²) in [4.78, 5) is 17.3. The molecule has 0 saturated carbocycles. The Labute approximate surface area is 182 Å². The first-order chi connectivity index (χ1) is 13.6. The number of halogens is 2. The van der Waals surface area contributed by atoms with Crippen molar-refractivity contribution in [3.05, 3.63) is 56.8 Å². The Morgan fingerprint density at radius 3 is 2.48 bits per heavy atom. The summed E-state index contributed by atoms with van der Waals surface area (Å²) in [6.45, 7) is 0.174. The van der Waals surface area contributed by atoms with E-state index in [9.17, 15) is 13.2 Å². The minimum absolute atomic E-state index is 0.0877. The second-order valence-electron chi connectivity index (χ2n) is 6.14. The van der Waals surface area contributed by atoms with Crippen LogP contribution in [0.4, 0.5) is 0 Å². The quantitative estimate of drug-likeness (QED) is 0.549. The summed E-state index contributed by atoms with van der Waals surface area (Å²) in [5.74, 6) is 2.00. The number of hydrogen-bond donors (Lipinski definition) is 0. The van der Waals surface area contributed by atoms with Gasteiger partial charge in [-0.15, -0.1) is 6.42 Å². The fourth-order valence-electron chi connectivity index (χ4n) is 2.58. The maximum Gasteiger partial charge on any atom is 0.279 e. The van der Waals surface area contributed by atoms with E-state index in [0.717, 1.165) is 9.01 Å². The zero-order valence-electron chi connectivity index (χ0n) is 15.4. The van der Waals surface area contributed by atoms with Crippen molar-refractivity contribution in [3.8, 4) is 12.3 Å². The summed E-state index contributed by atoms with van der Waals surface area (Å²) < 4.78 is 27.8. The molecule has 0 spiro atoms. The van der Waals surface area contributed by atoms with Gasteiger partial charge < -0.3 is 4.57 Å². The van der Waals surface area contributed by atoms with Crippen molar-refractivity contribution in [3.63, 3.8) is 0 Å². The van der Waals surface area contributed by atoms with Crippen LogP contribution in [0.3, 0.4) is 0 Å². The van der Waals surface area contributed by atoms with Crippen LogP contribution in [0.2, 0.25) is 10.0 Å². The summed E-state index contributed by atoms with van der Waals surface area (Å²) in [6, 6.07) is 8.91. The minimum Gasteiger partial charge on any atom is -0.303 e. The normalized spacial score (nSPS) is 12.5. The van der Waals surface area contributed by atoms with Crippen molar-refractivity contribution >= 4 is 60.7 Å². The summed E-state index contributed by atoms with van der Waals surface area (Å²) in [6.07, 6.45) is 5.46. The molecule has 0 aliphatic heterocycles. The molecule has 2 aromatic carbocycles. The predicted molar refractivity (Wildman–Crippen MR) is 116 cm³/mol. The van der Waals surface area contributed by atoms with Crippen molar-refractivity contribution in [1.29, 1.82) is 0 Å². The van der Waals surface area contributed by atoms with Crippen LogP contribution in [0.15, 0.2) is 46.3 Å². The standard InChI is InChI=1S/C19H15Cl2N3O3S2/c1-4-9-24-17-15(21)10-13(20)11-16(17)28-19(24)22-18(25)12-5-7-14(8-6-12)29(26,27)23(2)3/h1,5-8,10-11H,9H2,2-3H3. The molecular formula is C19H15Cl2N3O3S2. The van der Waals surface area contributed by atoms with Crippen molar-refractivity contribution in [2.75, 3.05) is 14.1 Å². The lowest BCUT2D eigenvalue weighted by molar-refractivity contribution is 0.0998. The maximum atomic E-state index is 12.7. The lowest BCUT2D eigenvalue weighted by atomic mass is 10.2. The molecule has 10 heteroatoms. The molecule has 0 saturated heterocycles. The summed E-state index contributed by atoms with van der Waals surface area (Å²) in [7, 11) is -0.704. The molecule has 1 aromatic heterocycles. The van der Waals surface area contributed by atoms with Crippen LogP contribution in [0.25, 0.3) is 10.2 Å². The molecule has 0 atom stereocenters. The third kappa shape index (κ3) is 4.25. The summed E-state index contributed by atoms with van der Waals surface area (Å²) in [5.41, 5.74) is 0.898. The number of nitrogens with zero attached hydrogens (tertiary/aromatic N) is 3. The topological polar surface area (TPSA) is 71.7 Å². The largest absolute Gasteiger partial charge is 0.303 e. The molecule has 0 radical (unpaired) electrons. The number of carbonyl (C=O) groups excluding carboxylic acids is 1. The Kier molecular flexibility index (Phi) is 6.17. The highest BCUT2D eigenvalue weighted by molar-refractivity contribution is 7.89. The lowest BCUT2D eigenvalue weighted by Crippen LogP contribution is -2.22. The molecule has 29 heavy (non-hydrogen) atoms. The van der Waals surface area contributed by atoms with Gasteiger partial charge >= 0.3 is 0 Å². The van der Waals surface area contributed by atoms with Crippen molar-refractivity contribution in [2.45, 2.75) is 11.4 Å². The van der Waals surface area contributed by atoms with Crippen LogP contribution < -0.4 is 4.80 Å². The van der Waals surface area contributed by atoms with Gasteiger partial charge in [-0.3, -0.25) is 4.79 Å². The molecule has 0 fully saturated rings. The number of thiazole rings is 1. The predicted octanol–water partition coefficient (Wildman–Crippen LogP) is 3.63. The van der Waals surface area contributed by atoms with E-state index in [1.54, 1.807) is 16.7 Å². The highest BCUT2D eigenvalue weighted by Crippen LogP contribution is 2.29. The van der Waals surface area contributed by atoms with Crippen LogP contribution in [0.5, 0.6) is 0 Å². The number of benzene rings is 2. The van der Waals surface area contributed by atoms with Gasteiger partial charge in [0.15, 0.2) is 4.80 Å². The molecule has 1 heterocycles. The SMILES string of the molecule is C#CCn1c(=NC(=O)c2ccc(S(=O)(=O)N(C)C)cc2)sc2cc(Cl)cc(Cl)c21. The number of rotatable bonds is 4. The number of aromatic nitrogens is 1. The highest BCUT2D eigenvalue weighted by Gasteiger charge is 2.18. The molecule has 1 amide bonds. The van der Waals surface area contributed by atoms with Gasteiger partial charge in [-0.05, 0) is 36.4 Å². The smallest absolute Gasteiger partial charge is 0.279 e. The van der Waals surface area contributed by atoms with Crippen LogP contribution in [-0.4, -0.2) is 37.3 Å². The van der Waals surface area contributed by atoms with Crippen molar-refractivity contribution in [1.82, 2.24) is 8.87 Å². The number of sulfonamides is 1. The van der Waals surface area contributed by atoms with E-state index in [0.29, 0.717) is 20.4 Å². The molecule has 6 nitrogen and oxygen atoms in total. The Bertz CT molecular complexity index is 1320. The lowest BCUT2D eigenvalue weighted by Gasteiger charge is -2.11. The van der Waals surface area contributed by atoms with Gasteiger partial charge in [-0.1, -0.05) is 40.5 Å². The van der Waals surface area contributed by atoms with E-state index in [4.69, 9.17) is 29.6 Å². The molecule has 0 aliphatic carbocycles. The van der Waals surface area contributed by atoms with Gasteiger partial charge in [0.2, 0.25) is 10.0 Å². The first kappa shape index (κ1) is 21.6. The molecule has 0 unspecified atom stereocenters. The average Bonchev–Trinajstić information content (AvgIpc) is 2.99. The van der Waals surface area contributed by atoms with Crippen LogP contribution in [0, 0.1) is 12.3 Å². The molecule has 0 bridgehead atoms. The van der Waals surface area contributed by atoms with Crippen LogP contribution >= 0.6 is 34.5 Å². The zero-order chi connectivity index (χ0) is 21.3. The van der Waals surface area contributed by atoms with Gasteiger partial charge in [0.25, 0.3) is 5.91 Å². The summed E-state index contributed by atoms with van der Waals surface area (Å²) in [5, 5.41) is 0.873. The van der Waals surface area contributed by atoms with Gasteiger partial charge in [0, 0.05) is 24.7 Å². The monoisotopic (exact) mass is 467 g/mol. The highest BCUT2D eigenvalue weighted by atomic mass is 35.5. The molecule has 3 aromatic rings. The fraction of sp³-hybridized carbons (Fsp3) is 0.158. The second kappa shape index (κ2) is 8.30. The van der Waals surface area contributed by atoms with Gasteiger partial charge in [-0.2, -0.15) is 4.99 Å². The molecule has 150 valence electrons. The van der Waals surface area contributed by atoms with E-state index < -0.39 is 15.9 Å². The number of terminal acetylenes is 1. The van der Waals surface area contributed by atoms with Crippen LogP contribution in [-0.2, 0) is 16.6 Å². The van der Waals surface area contributed by atoms with Crippen molar-refractivity contribution < 1.29 is 13.2 Å².